The summed E-state index contributed by atoms with van der Waals surface area (Å²) in [6.07, 6.45) is 5.22. The van der Waals surface area contributed by atoms with E-state index in [-0.39, 0.29) is 11.9 Å². The minimum atomic E-state index is -0.693. The maximum absolute atomic E-state index is 11.2. The summed E-state index contributed by atoms with van der Waals surface area (Å²) in [5.74, 6) is -0.671. The summed E-state index contributed by atoms with van der Waals surface area (Å²) in [4.78, 5) is 15.3. The highest BCUT2D eigenvalue weighted by molar-refractivity contribution is 5.77. The summed E-state index contributed by atoms with van der Waals surface area (Å²) in [5.41, 5.74) is 5.29. The number of methoxy groups -OCH3 is 1. The lowest BCUT2D eigenvalue weighted by Crippen LogP contribution is -2.51. The van der Waals surface area contributed by atoms with Crippen molar-refractivity contribution in [1.82, 2.24) is 0 Å². The summed E-state index contributed by atoms with van der Waals surface area (Å²) in [6.45, 7) is 2.18. The molecule has 13 heavy (non-hydrogen) atoms. The maximum Gasteiger partial charge on any atom is 0.310 e. The Kier molecular flexibility index (Phi) is 2.83. The van der Waals surface area contributed by atoms with Crippen LogP contribution in [0.15, 0.2) is 17.1 Å². The van der Waals surface area contributed by atoms with Crippen LogP contribution < -0.4 is 5.73 Å². The maximum atomic E-state index is 11.2. The van der Waals surface area contributed by atoms with E-state index in [0.29, 0.717) is 6.54 Å². The van der Waals surface area contributed by atoms with Gasteiger partial charge < -0.3 is 10.5 Å². The van der Waals surface area contributed by atoms with Crippen LogP contribution in [0.2, 0.25) is 0 Å². The SMILES string of the molecule is COC(=O)[C@@H](C)C1(N)C=CC=NC1. The Morgan fingerprint density at radius 2 is 2.46 bits per heavy atom. The molecule has 0 saturated carbocycles. The van der Waals surface area contributed by atoms with Gasteiger partial charge in [-0.3, -0.25) is 9.79 Å². The summed E-state index contributed by atoms with van der Waals surface area (Å²) >= 11 is 0. The van der Waals surface area contributed by atoms with Gasteiger partial charge in [0, 0.05) is 6.21 Å². The first-order valence-corrected chi connectivity index (χ1v) is 4.14. The summed E-state index contributed by atoms with van der Waals surface area (Å²) in [7, 11) is 1.36. The first-order chi connectivity index (χ1) is 6.10. The number of carbonyl (C=O) groups is 1. The molecular formula is C9H14N2O2. The van der Waals surface area contributed by atoms with Crippen molar-refractivity contribution >= 4 is 12.2 Å². The van der Waals surface area contributed by atoms with E-state index in [1.54, 1.807) is 25.3 Å². The van der Waals surface area contributed by atoms with E-state index >= 15 is 0 Å². The van der Waals surface area contributed by atoms with Crippen LogP contribution in [-0.2, 0) is 9.53 Å². The van der Waals surface area contributed by atoms with Crippen molar-refractivity contribution in [3.63, 3.8) is 0 Å². The molecule has 72 valence electrons. The largest absolute Gasteiger partial charge is 0.469 e. The lowest BCUT2D eigenvalue weighted by Gasteiger charge is -2.30. The standard InChI is InChI=1S/C9H14N2O2/c1-7(8(12)13-2)9(10)4-3-5-11-6-9/h3-5,7H,6,10H2,1-2H3/t7-,9?/m1/s1. The lowest BCUT2D eigenvalue weighted by molar-refractivity contribution is -0.146. The molecule has 0 fully saturated rings. The number of nitrogens with two attached hydrogens (primary N) is 1. The van der Waals surface area contributed by atoms with Gasteiger partial charge >= 0.3 is 5.97 Å². The van der Waals surface area contributed by atoms with Gasteiger partial charge in [-0.15, -0.1) is 0 Å². The fourth-order valence-electron chi connectivity index (χ4n) is 1.22. The molecule has 0 aromatic carbocycles. The summed E-state index contributed by atoms with van der Waals surface area (Å²) in [5, 5.41) is 0. The molecule has 1 heterocycles. The zero-order chi connectivity index (χ0) is 9.90. The molecule has 1 aliphatic rings. The normalized spacial score (nSPS) is 28.5. The van der Waals surface area contributed by atoms with E-state index in [2.05, 4.69) is 9.73 Å². The number of carbonyl (C=O) groups excluding carboxylic acids is 1. The number of aliphatic imine (C=N–C) groups is 1. The van der Waals surface area contributed by atoms with E-state index in [9.17, 15) is 4.79 Å². The predicted octanol–water partition coefficient (Wildman–Crippen LogP) is 0.134. The Labute approximate surface area is 77.5 Å². The number of allylic oxidation sites excluding steroid dienone is 1. The van der Waals surface area contributed by atoms with Gasteiger partial charge in [-0.05, 0) is 13.0 Å². The van der Waals surface area contributed by atoms with Gasteiger partial charge in [0.2, 0.25) is 0 Å². The first-order valence-electron chi connectivity index (χ1n) is 4.14. The monoisotopic (exact) mass is 182 g/mol. The summed E-state index contributed by atoms with van der Waals surface area (Å²) in [6, 6.07) is 0. The van der Waals surface area contributed by atoms with Crippen molar-refractivity contribution in [2.75, 3.05) is 13.7 Å². The van der Waals surface area contributed by atoms with Gasteiger partial charge in [0.15, 0.2) is 0 Å². The van der Waals surface area contributed by atoms with Gasteiger partial charge in [-0.25, -0.2) is 0 Å². The number of dihydropyridines is 1. The van der Waals surface area contributed by atoms with Crippen LogP contribution in [0.25, 0.3) is 0 Å². The lowest BCUT2D eigenvalue weighted by atomic mass is 9.85. The second-order valence-electron chi connectivity index (χ2n) is 3.21. The van der Waals surface area contributed by atoms with Crippen LogP contribution >= 0.6 is 0 Å². The van der Waals surface area contributed by atoms with Gasteiger partial charge in [0.05, 0.1) is 25.1 Å². The third-order valence-corrected chi connectivity index (χ3v) is 2.32. The van der Waals surface area contributed by atoms with Crippen molar-refractivity contribution in [2.45, 2.75) is 12.5 Å². The van der Waals surface area contributed by atoms with Gasteiger partial charge in [-0.1, -0.05) is 6.08 Å². The molecule has 2 atom stereocenters. The Morgan fingerprint density at radius 3 is 2.92 bits per heavy atom. The third-order valence-electron chi connectivity index (χ3n) is 2.32. The highest BCUT2D eigenvalue weighted by Crippen LogP contribution is 2.19. The molecule has 0 aromatic heterocycles. The molecule has 4 heteroatoms. The minimum absolute atomic E-state index is 0.302. The Hall–Kier alpha value is -1.16. The smallest absolute Gasteiger partial charge is 0.310 e. The van der Waals surface area contributed by atoms with Crippen LogP contribution in [0.1, 0.15) is 6.92 Å². The molecule has 1 rings (SSSR count). The second kappa shape index (κ2) is 3.70. The first kappa shape index (κ1) is 9.92. The molecular weight excluding hydrogens is 168 g/mol. The number of esters is 1. The molecule has 4 nitrogen and oxygen atoms in total. The van der Waals surface area contributed by atoms with Crippen molar-refractivity contribution in [3.8, 4) is 0 Å². The fourth-order valence-corrected chi connectivity index (χ4v) is 1.22. The molecule has 1 unspecified atom stereocenters. The van der Waals surface area contributed by atoms with E-state index in [4.69, 9.17) is 5.73 Å². The van der Waals surface area contributed by atoms with Crippen LogP contribution in [0.3, 0.4) is 0 Å². The van der Waals surface area contributed by atoms with Gasteiger partial charge in [0.1, 0.15) is 0 Å². The molecule has 0 spiro atoms. The molecule has 0 radical (unpaired) electrons. The molecule has 0 aliphatic carbocycles. The Bertz CT molecular complexity index is 260. The molecule has 1 aliphatic heterocycles. The predicted molar refractivity (Wildman–Crippen MR) is 50.6 cm³/mol. The minimum Gasteiger partial charge on any atom is -0.469 e. The van der Waals surface area contributed by atoms with Crippen molar-refractivity contribution < 1.29 is 9.53 Å². The molecule has 0 bridgehead atoms. The summed E-state index contributed by atoms with van der Waals surface area (Å²) < 4.78 is 4.63. The Balaban J connectivity index is 2.75. The number of rotatable bonds is 2. The van der Waals surface area contributed by atoms with Crippen molar-refractivity contribution in [1.29, 1.82) is 0 Å². The molecule has 0 aromatic rings. The number of nitrogens with zero attached hydrogens (tertiary/aromatic N) is 1. The van der Waals surface area contributed by atoms with E-state index in [0.717, 1.165) is 0 Å². The van der Waals surface area contributed by atoms with Crippen molar-refractivity contribution in [2.24, 2.45) is 16.6 Å². The average Bonchev–Trinajstić information content (AvgIpc) is 2.16. The average molecular weight is 182 g/mol. The molecule has 0 saturated heterocycles. The molecule has 0 amide bonds. The van der Waals surface area contributed by atoms with E-state index in [1.165, 1.54) is 7.11 Å². The Morgan fingerprint density at radius 1 is 1.77 bits per heavy atom. The van der Waals surface area contributed by atoms with Crippen LogP contribution in [0.5, 0.6) is 0 Å². The highest BCUT2D eigenvalue weighted by atomic mass is 16.5. The fraction of sp³-hybridized carbons (Fsp3) is 0.556. The quantitative estimate of drug-likeness (QED) is 0.617. The molecule has 2 N–H and O–H groups in total. The number of ether oxygens (including phenoxy) is 1. The van der Waals surface area contributed by atoms with E-state index < -0.39 is 5.54 Å². The van der Waals surface area contributed by atoms with Crippen LogP contribution in [0.4, 0.5) is 0 Å². The zero-order valence-corrected chi connectivity index (χ0v) is 7.86. The van der Waals surface area contributed by atoms with Gasteiger partial charge in [0.25, 0.3) is 0 Å². The highest BCUT2D eigenvalue weighted by Gasteiger charge is 2.35. The third kappa shape index (κ3) is 1.95. The topological polar surface area (TPSA) is 64.7 Å². The number of hydrogen-bond donors (Lipinski definition) is 1. The van der Waals surface area contributed by atoms with Crippen LogP contribution in [-0.4, -0.2) is 31.4 Å². The second-order valence-corrected chi connectivity index (χ2v) is 3.21. The van der Waals surface area contributed by atoms with Crippen LogP contribution in [0, 0.1) is 5.92 Å². The van der Waals surface area contributed by atoms with Crippen molar-refractivity contribution in [3.05, 3.63) is 12.2 Å². The zero-order valence-electron chi connectivity index (χ0n) is 7.86. The van der Waals surface area contributed by atoms with Gasteiger partial charge in [-0.2, -0.15) is 0 Å². The number of hydrogen-bond acceptors (Lipinski definition) is 4. The van der Waals surface area contributed by atoms with E-state index in [1.807, 2.05) is 0 Å².